The molecule has 24 heavy (non-hydrogen) atoms. The number of benzene rings is 2. The van der Waals surface area contributed by atoms with Gasteiger partial charge in [-0.25, -0.2) is 8.78 Å². The van der Waals surface area contributed by atoms with Crippen molar-refractivity contribution in [3.8, 4) is 11.5 Å². The molecule has 0 saturated heterocycles. The average Bonchev–Trinajstić information content (AvgIpc) is 2.57. The van der Waals surface area contributed by atoms with Crippen molar-refractivity contribution >= 4 is 23.5 Å². The zero-order chi connectivity index (χ0) is 17.7. The summed E-state index contributed by atoms with van der Waals surface area (Å²) in [4.78, 5) is 12.0. The minimum absolute atomic E-state index is 0.0501. The first-order chi connectivity index (χ1) is 11.5. The first-order valence-corrected chi connectivity index (χ1v) is 7.51. The van der Waals surface area contributed by atoms with Crippen molar-refractivity contribution in [1.82, 2.24) is 0 Å². The lowest BCUT2D eigenvalue weighted by molar-refractivity contribution is 0.104. The van der Waals surface area contributed by atoms with Crippen molar-refractivity contribution in [2.24, 2.45) is 0 Å². The standard InChI is InChI=1S/C18H15ClF2O3/c1-3-24-18-13(19)8-11(9-17(18)23-2)4-7-16(22)12-5-6-14(20)15(21)10-12/h4-10H,3H2,1-2H3/b7-4+. The van der Waals surface area contributed by atoms with Gasteiger partial charge < -0.3 is 9.47 Å². The minimum Gasteiger partial charge on any atom is -0.493 e. The van der Waals surface area contributed by atoms with Crippen molar-refractivity contribution < 1.29 is 23.0 Å². The fourth-order valence-corrected chi connectivity index (χ4v) is 2.31. The molecule has 126 valence electrons. The van der Waals surface area contributed by atoms with Crippen LogP contribution in [0.15, 0.2) is 36.4 Å². The molecule has 0 heterocycles. The number of methoxy groups -OCH3 is 1. The molecule has 0 unspecified atom stereocenters. The van der Waals surface area contributed by atoms with Crippen molar-refractivity contribution in [2.45, 2.75) is 6.92 Å². The minimum atomic E-state index is -1.07. The van der Waals surface area contributed by atoms with E-state index in [4.69, 9.17) is 21.1 Å². The lowest BCUT2D eigenvalue weighted by Gasteiger charge is -2.11. The monoisotopic (exact) mass is 352 g/mol. The van der Waals surface area contributed by atoms with E-state index in [1.54, 1.807) is 12.1 Å². The number of ketones is 1. The van der Waals surface area contributed by atoms with E-state index in [0.29, 0.717) is 28.7 Å². The summed E-state index contributed by atoms with van der Waals surface area (Å²) in [6, 6.07) is 6.26. The molecule has 0 radical (unpaired) electrons. The van der Waals surface area contributed by atoms with Crippen molar-refractivity contribution in [3.63, 3.8) is 0 Å². The smallest absolute Gasteiger partial charge is 0.185 e. The van der Waals surface area contributed by atoms with Gasteiger partial charge in [-0.1, -0.05) is 17.7 Å². The molecule has 3 nitrogen and oxygen atoms in total. The molecule has 0 aromatic heterocycles. The van der Waals surface area contributed by atoms with Gasteiger partial charge >= 0.3 is 0 Å². The van der Waals surface area contributed by atoms with Crippen LogP contribution in [0, 0.1) is 11.6 Å². The van der Waals surface area contributed by atoms with Gasteiger partial charge in [-0.3, -0.25) is 4.79 Å². The highest BCUT2D eigenvalue weighted by molar-refractivity contribution is 6.32. The highest BCUT2D eigenvalue weighted by Gasteiger charge is 2.11. The van der Waals surface area contributed by atoms with Gasteiger partial charge in [-0.05, 0) is 48.9 Å². The van der Waals surface area contributed by atoms with E-state index in [0.717, 1.165) is 12.1 Å². The van der Waals surface area contributed by atoms with E-state index in [2.05, 4.69) is 0 Å². The van der Waals surface area contributed by atoms with Crippen LogP contribution < -0.4 is 9.47 Å². The van der Waals surface area contributed by atoms with E-state index in [1.807, 2.05) is 6.92 Å². The van der Waals surface area contributed by atoms with Gasteiger partial charge in [0.25, 0.3) is 0 Å². The van der Waals surface area contributed by atoms with Crippen LogP contribution in [0.5, 0.6) is 11.5 Å². The number of halogens is 3. The van der Waals surface area contributed by atoms with Crippen LogP contribution in [0.25, 0.3) is 6.08 Å². The zero-order valence-corrected chi connectivity index (χ0v) is 13.9. The quantitative estimate of drug-likeness (QED) is 0.546. The third-order valence-electron chi connectivity index (χ3n) is 3.17. The summed E-state index contributed by atoms with van der Waals surface area (Å²) >= 11 is 6.15. The molecule has 0 bridgehead atoms. The average molecular weight is 353 g/mol. The fourth-order valence-electron chi connectivity index (χ4n) is 2.04. The summed E-state index contributed by atoms with van der Waals surface area (Å²) in [6.45, 7) is 2.25. The van der Waals surface area contributed by atoms with Crippen LogP contribution in [0.3, 0.4) is 0 Å². The second-order valence-electron chi connectivity index (χ2n) is 4.79. The number of hydrogen-bond donors (Lipinski definition) is 0. The van der Waals surface area contributed by atoms with Crippen molar-refractivity contribution in [3.05, 3.63) is 64.2 Å². The summed E-state index contributed by atoms with van der Waals surface area (Å²) < 4.78 is 36.7. The summed E-state index contributed by atoms with van der Waals surface area (Å²) in [5.74, 6) is -1.67. The van der Waals surface area contributed by atoms with E-state index >= 15 is 0 Å². The number of carbonyl (C=O) groups is 1. The first kappa shape index (κ1) is 17.9. The van der Waals surface area contributed by atoms with Gasteiger partial charge in [0.05, 0.1) is 18.7 Å². The normalized spacial score (nSPS) is 10.9. The summed E-state index contributed by atoms with van der Waals surface area (Å²) in [7, 11) is 1.48. The Balaban J connectivity index is 2.26. The highest BCUT2D eigenvalue weighted by Crippen LogP contribution is 2.36. The molecule has 6 heteroatoms. The molecular weight excluding hydrogens is 338 g/mol. The van der Waals surface area contributed by atoms with Crippen LogP contribution in [0.1, 0.15) is 22.8 Å². The maximum atomic E-state index is 13.2. The second-order valence-corrected chi connectivity index (χ2v) is 5.20. The Kier molecular flexibility index (Phi) is 5.93. The molecule has 2 aromatic carbocycles. The van der Waals surface area contributed by atoms with Crippen LogP contribution in [-0.4, -0.2) is 19.5 Å². The Labute approximate surface area is 143 Å². The largest absolute Gasteiger partial charge is 0.493 e. The highest BCUT2D eigenvalue weighted by atomic mass is 35.5. The number of hydrogen-bond acceptors (Lipinski definition) is 3. The SMILES string of the molecule is CCOc1c(Cl)cc(/C=C/C(=O)c2ccc(F)c(F)c2)cc1OC. The number of ether oxygens (including phenoxy) is 2. The van der Waals surface area contributed by atoms with E-state index in [9.17, 15) is 13.6 Å². The van der Waals surface area contributed by atoms with Crippen molar-refractivity contribution in [1.29, 1.82) is 0 Å². The molecule has 0 fully saturated rings. The third kappa shape index (κ3) is 4.11. The molecule has 0 aliphatic carbocycles. The topological polar surface area (TPSA) is 35.5 Å². The third-order valence-corrected chi connectivity index (χ3v) is 3.45. The lowest BCUT2D eigenvalue weighted by atomic mass is 10.1. The molecular formula is C18H15ClF2O3. The number of carbonyl (C=O) groups excluding carboxylic acids is 1. The van der Waals surface area contributed by atoms with E-state index in [-0.39, 0.29) is 5.56 Å². The Morgan fingerprint density at radius 2 is 1.96 bits per heavy atom. The predicted molar refractivity (Wildman–Crippen MR) is 88.9 cm³/mol. The molecule has 0 aliphatic rings. The fraction of sp³-hybridized carbons (Fsp3) is 0.167. The van der Waals surface area contributed by atoms with Crippen LogP contribution in [0.2, 0.25) is 5.02 Å². The Bertz CT molecular complexity index is 788. The van der Waals surface area contributed by atoms with Gasteiger partial charge in [-0.15, -0.1) is 0 Å². The molecule has 0 amide bonds. The number of rotatable bonds is 6. The molecule has 0 aliphatic heterocycles. The van der Waals surface area contributed by atoms with E-state index < -0.39 is 17.4 Å². The van der Waals surface area contributed by atoms with E-state index in [1.165, 1.54) is 25.3 Å². The molecule has 2 rings (SSSR count). The Morgan fingerprint density at radius 1 is 1.21 bits per heavy atom. The summed E-state index contributed by atoms with van der Waals surface area (Å²) in [5, 5.41) is 0.344. The second kappa shape index (κ2) is 7.93. The first-order valence-electron chi connectivity index (χ1n) is 7.14. The summed E-state index contributed by atoms with van der Waals surface area (Å²) in [6.07, 6.45) is 2.76. The molecule has 0 spiro atoms. The van der Waals surface area contributed by atoms with Gasteiger partial charge in [0.1, 0.15) is 0 Å². The Hall–Kier alpha value is -2.40. The number of allylic oxidation sites excluding steroid dienone is 1. The zero-order valence-electron chi connectivity index (χ0n) is 13.1. The lowest BCUT2D eigenvalue weighted by Crippen LogP contribution is -1.98. The molecule has 0 atom stereocenters. The maximum absolute atomic E-state index is 13.2. The Morgan fingerprint density at radius 3 is 2.58 bits per heavy atom. The van der Waals surface area contributed by atoms with Gasteiger partial charge in [0, 0.05) is 5.56 Å². The van der Waals surface area contributed by atoms with Crippen molar-refractivity contribution in [2.75, 3.05) is 13.7 Å². The van der Waals surface area contributed by atoms with Gasteiger partial charge in [0.15, 0.2) is 28.9 Å². The van der Waals surface area contributed by atoms with Gasteiger partial charge in [-0.2, -0.15) is 0 Å². The molecule has 2 aromatic rings. The van der Waals surface area contributed by atoms with Crippen LogP contribution in [-0.2, 0) is 0 Å². The maximum Gasteiger partial charge on any atom is 0.185 e. The summed E-state index contributed by atoms with van der Waals surface area (Å²) in [5.41, 5.74) is 0.658. The molecule has 0 N–H and O–H groups in total. The van der Waals surface area contributed by atoms with Gasteiger partial charge in [0.2, 0.25) is 0 Å². The van der Waals surface area contributed by atoms with Crippen LogP contribution >= 0.6 is 11.6 Å². The molecule has 0 saturated carbocycles. The predicted octanol–water partition coefficient (Wildman–Crippen LogP) is 4.92. The van der Waals surface area contributed by atoms with Crippen LogP contribution in [0.4, 0.5) is 8.78 Å².